The van der Waals surface area contributed by atoms with Crippen molar-refractivity contribution in [3.63, 3.8) is 0 Å². The van der Waals surface area contributed by atoms with Crippen molar-refractivity contribution < 1.29 is 4.39 Å². The summed E-state index contributed by atoms with van der Waals surface area (Å²) in [6.07, 6.45) is 0. The molecule has 0 fully saturated rings. The van der Waals surface area contributed by atoms with E-state index < -0.39 is 18.4 Å². The molecule has 0 radical (unpaired) electrons. The quantitative estimate of drug-likeness (QED) is 0.395. The van der Waals surface area contributed by atoms with Crippen molar-refractivity contribution in [1.82, 2.24) is 0 Å². The maximum absolute atomic E-state index is 13.5. The van der Waals surface area contributed by atoms with E-state index >= 15 is 0 Å². The van der Waals surface area contributed by atoms with E-state index in [1.54, 1.807) is 12.1 Å². The Balaban J connectivity index is 1.98. The number of halogens is 1. The number of rotatable bonds is 5. The Hall–Kier alpha value is -2.39. The molecule has 2 heteroatoms. The van der Waals surface area contributed by atoms with E-state index in [9.17, 15) is 4.39 Å². The van der Waals surface area contributed by atoms with Crippen LogP contribution >= 0.6 is 0 Å². The molecule has 4 rings (SSSR count). The topological polar surface area (TPSA) is 0 Å². The molecule has 0 aliphatic heterocycles. The number of benzene rings is 4. The van der Waals surface area contributed by atoms with Gasteiger partial charge in [-0.1, -0.05) is 0 Å². The van der Waals surface area contributed by atoms with E-state index in [1.807, 2.05) is 12.1 Å². The van der Waals surface area contributed by atoms with Crippen LogP contribution in [0.15, 0.2) is 115 Å². The van der Waals surface area contributed by atoms with Crippen molar-refractivity contribution >= 4 is 29.1 Å². The fraction of sp³-hybridized carbons (Fsp3) is 0.0400. The first-order chi connectivity index (χ1) is 13.3. The van der Waals surface area contributed by atoms with Gasteiger partial charge >= 0.3 is 165 Å². The Kier molecular flexibility index (Phi) is 5.40. The van der Waals surface area contributed by atoms with Crippen molar-refractivity contribution in [3.8, 4) is 0 Å². The molecule has 0 saturated heterocycles. The molecule has 0 amide bonds. The first-order valence-corrected chi connectivity index (χ1v) is 15.5. The van der Waals surface area contributed by atoms with Crippen LogP contribution in [-0.4, -0.2) is 18.4 Å². The predicted molar refractivity (Wildman–Crippen MR) is 114 cm³/mol. The normalized spacial score (nSPS) is 11.3. The molecule has 4 aromatic rings. The van der Waals surface area contributed by atoms with Gasteiger partial charge < -0.3 is 0 Å². The molecule has 0 bridgehead atoms. The second-order valence-electron chi connectivity index (χ2n) is 6.81. The number of hydrogen-bond donors (Lipinski definition) is 0. The Bertz CT molecular complexity index is 884. The molecule has 0 saturated carbocycles. The maximum atomic E-state index is 13.5. The molecule has 0 atom stereocenters. The monoisotopic (exact) mass is 460 g/mol. The van der Waals surface area contributed by atoms with E-state index in [1.165, 1.54) is 16.3 Å². The Morgan fingerprint density at radius 1 is 0.481 bits per heavy atom. The molecule has 0 heterocycles. The zero-order valence-corrected chi connectivity index (χ0v) is 17.9. The third-order valence-corrected chi connectivity index (χ3v) is 19.2. The van der Waals surface area contributed by atoms with Gasteiger partial charge in [-0.3, -0.25) is 0 Å². The molecule has 0 nitrogen and oxygen atoms in total. The summed E-state index contributed by atoms with van der Waals surface area (Å²) in [6.45, 7) is 0. The standard InChI is InChI=1S/C7H6F.3C6H5.Sn/c1-6-2-4-7(8)5-3-6;3*1-2-4-6-5-3-1;/h2-5H,1H2;3*1-5H;. The molecule has 27 heavy (non-hydrogen) atoms. The predicted octanol–water partition coefficient (Wildman–Crippen LogP) is 4.08. The summed E-state index contributed by atoms with van der Waals surface area (Å²) >= 11 is -3.31. The first-order valence-electron chi connectivity index (χ1n) is 9.20. The van der Waals surface area contributed by atoms with Crippen LogP contribution in [-0.2, 0) is 4.44 Å². The van der Waals surface area contributed by atoms with E-state index in [2.05, 4.69) is 91.0 Å². The van der Waals surface area contributed by atoms with Crippen LogP contribution in [0.2, 0.25) is 0 Å². The second kappa shape index (κ2) is 8.10. The minimum atomic E-state index is -3.31. The van der Waals surface area contributed by atoms with Crippen molar-refractivity contribution in [2.45, 2.75) is 4.44 Å². The third kappa shape index (κ3) is 3.70. The zero-order chi connectivity index (χ0) is 18.5. The molecule has 4 aromatic carbocycles. The van der Waals surface area contributed by atoms with Crippen molar-refractivity contribution in [2.24, 2.45) is 0 Å². The summed E-state index contributed by atoms with van der Waals surface area (Å²) in [4.78, 5) is 0. The molecular formula is C25H21FSn. The van der Waals surface area contributed by atoms with Crippen LogP contribution in [0.25, 0.3) is 0 Å². The third-order valence-electron chi connectivity index (χ3n) is 5.18. The first kappa shape index (κ1) is 18.0. The molecule has 0 aliphatic rings. The van der Waals surface area contributed by atoms with Crippen molar-refractivity contribution in [1.29, 1.82) is 0 Å². The van der Waals surface area contributed by atoms with Gasteiger partial charge in [0.05, 0.1) is 0 Å². The van der Waals surface area contributed by atoms with Crippen LogP contribution in [0.3, 0.4) is 0 Å². The fourth-order valence-electron chi connectivity index (χ4n) is 3.88. The molecule has 0 N–H and O–H groups in total. The Labute approximate surface area is 164 Å². The summed E-state index contributed by atoms with van der Waals surface area (Å²) in [5.41, 5.74) is 1.20. The summed E-state index contributed by atoms with van der Waals surface area (Å²) in [6, 6.07) is 39.7. The summed E-state index contributed by atoms with van der Waals surface area (Å²) in [5.74, 6) is -0.182. The average Bonchev–Trinajstić information content (AvgIpc) is 2.75. The Morgan fingerprint density at radius 3 is 1.22 bits per heavy atom. The van der Waals surface area contributed by atoms with Gasteiger partial charge in [0.25, 0.3) is 0 Å². The zero-order valence-electron chi connectivity index (χ0n) is 15.1. The Morgan fingerprint density at radius 2 is 0.852 bits per heavy atom. The van der Waals surface area contributed by atoms with Gasteiger partial charge in [-0.25, -0.2) is 0 Å². The van der Waals surface area contributed by atoms with Crippen LogP contribution in [0, 0.1) is 5.82 Å². The van der Waals surface area contributed by atoms with E-state index in [0.717, 1.165) is 4.44 Å². The van der Waals surface area contributed by atoms with Crippen LogP contribution in [0.5, 0.6) is 0 Å². The fourth-order valence-corrected chi connectivity index (χ4v) is 17.4. The van der Waals surface area contributed by atoms with Crippen LogP contribution < -0.4 is 10.7 Å². The number of hydrogen-bond acceptors (Lipinski definition) is 0. The van der Waals surface area contributed by atoms with E-state index in [-0.39, 0.29) is 5.82 Å². The van der Waals surface area contributed by atoms with E-state index in [4.69, 9.17) is 0 Å². The average molecular weight is 459 g/mol. The minimum absolute atomic E-state index is 0.182. The summed E-state index contributed by atoms with van der Waals surface area (Å²) < 4.78 is 18.8. The molecule has 0 spiro atoms. The van der Waals surface area contributed by atoms with Gasteiger partial charge in [0.15, 0.2) is 0 Å². The molecule has 0 aliphatic carbocycles. The van der Waals surface area contributed by atoms with Crippen molar-refractivity contribution in [3.05, 3.63) is 127 Å². The van der Waals surface area contributed by atoms with Gasteiger partial charge in [0.1, 0.15) is 0 Å². The van der Waals surface area contributed by atoms with Gasteiger partial charge in [-0.05, 0) is 0 Å². The second-order valence-corrected chi connectivity index (χ2v) is 17.9. The van der Waals surface area contributed by atoms with Crippen LogP contribution in [0.1, 0.15) is 5.56 Å². The van der Waals surface area contributed by atoms with Gasteiger partial charge in [0.2, 0.25) is 0 Å². The van der Waals surface area contributed by atoms with Crippen LogP contribution in [0.4, 0.5) is 4.39 Å². The SMILES string of the molecule is Fc1ccc([CH2][Sn]([c]2ccccc2)([c]2ccccc2)[c]2ccccc2)cc1. The molecule has 0 unspecified atom stereocenters. The molecular weight excluding hydrogens is 438 g/mol. The van der Waals surface area contributed by atoms with Crippen molar-refractivity contribution in [2.75, 3.05) is 0 Å². The molecule has 0 aromatic heterocycles. The van der Waals surface area contributed by atoms with Gasteiger partial charge in [0, 0.05) is 0 Å². The van der Waals surface area contributed by atoms with Gasteiger partial charge in [-0.15, -0.1) is 0 Å². The molecule has 132 valence electrons. The van der Waals surface area contributed by atoms with E-state index in [0.29, 0.717) is 0 Å². The van der Waals surface area contributed by atoms with Gasteiger partial charge in [-0.2, -0.15) is 0 Å². The summed E-state index contributed by atoms with van der Waals surface area (Å²) in [5, 5.41) is 0. The summed E-state index contributed by atoms with van der Waals surface area (Å²) in [7, 11) is 0.